The van der Waals surface area contributed by atoms with Crippen LogP contribution in [0.5, 0.6) is 0 Å². The molecule has 0 saturated heterocycles. The van der Waals surface area contributed by atoms with Crippen molar-refractivity contribution in [3.63, 3.8) is 0 Å². The Hall–Kier alpha value is -2.36. The number of nitrogens with two attached hydrogens (primary N) is 1. The number of hydrogen-bond acceptors (Lipinski definition) is 3. The van der Waals surface area contributed by atoms with Crippen molar-refractivity contribution in [3.8, 4) is 0 Å². The van der Waals surface area contributed by atoms with Crippen molar-refractivity contribution in [2.24, 2.45) is 0 Å². The van der Waals surface area contributed by atoms with Gasteiger partial charge < -0.3 is 22.1 Å². The van der Waals surface area contributed by atoms with Crippen molar-refractivity contribution in [2.45, 2.75) is 151 Å². The van der Waals surface area contributed by atoms with E-state index < -0.39 is 0 Å². The van der Waals surface area contributed by atoms with Crippen LogP contribution in [0.4, 0.5) is 22.7 Å². The first kappa shape index (κ1) is 54.6. The van der Waals surface area contributed by atoms with E-state index in [-0.39, 0.29) is 18.9 Å². The van der Waals surface area contributed by atoms with Gasteiger partial charge in [0.05, 0.1) is 0 Å². The van der Waals surface area contributed by atoms with Gasteiger partial charge in [0.2, 0.25) is 0 Å². The summed E-state index contributed by atoms with van der Waals surface area (Å²) in [6.45, 7) is 45.3. The SMILES string of the molecule is BrCCCBr.Cc1c(C)c(C)c(N)c(C)c1C.Cc1c(C)c(C)c(NCCCNc2c(C)c(C)c(C)c(C)c2C)c(C)c1C.Cc1c(C)c(C)c([NH-])c(C)c1C.[Li+]. The maximum atomic E-state index is 7.82. The molecule has 0 unspecified atom stereocenters. The number of alkyl halides is 2. The van der Waals surface area contributed by atoms with E-state index in [0.717, 1.165) is 47.0 Å². The molecule has 0 saturated carbocycles. The van der Waals surface area contributed by atoms with Gasteiger partial charge in [-0.25, -0.2) is 0 Å². The summed E-state index contributed by atoms with van der Waals surface area (Å²) in [7, 11) is 0. The summed E-state index contributed by atoms with van der Waals surface area (Å²) < 4.78 is 0. The fourth-order valence-corrected chi connectivity index (χ4v) is 8.44. The normalized spacial score (nSPS) is 10.4. The largest absolute Gasteiger partial charge is 1.00 e. The topological polar surface area (TPSA) is 73.9 Å². The summed E-state index contributed by atoms with van der Waals surface area (Å²) in [5, 5.41) is 9.61. The molecule has 0 atom stereocenters. The second kappa shape index (κ2) is 24.7. The molecule has 312 valence electrons. The summed E-state index contributed by atoms with van der Waals surface area (Å²) >= 11 is 6.56. The number of rotatable bonds is 8. The van der Waals surface area contributed by atoms with E-state index >= 15 is 0 Å². The standard InChI is InChI=1S/C25H38N2.C11H17N.C11H16N.C3H6Br2.Li/c1-14-16(3)20(7)24(21(8)17(14)4)26-12-11-13-27-25-22(9)18(5)15(2)19(6)23(25)10;2*1-6-7(2)9(4)11(12)10(5)8(6)3;4-2-1-3-5;/h26-27H,11-13H2,1-10H3;12H2,1-5H3;12H,1-5H3;1-3H2;/q;;-1;;+1. The van der Waals surface area contributed by atoms with Crippen LogP contribution in [0.15, 0.2) is 0 Å². The third-order valence-corrected chi connectivity index (χ3v) is 14.4. The first-order valence-electron chi connectivity index (χ1n) is 20.3. The van der Waals surface area contributed by atoms with Gasteiger partial charge in [-0.3, -0.25) is 0 Å². The Balaban J connectivity index is 0.000000864. The fourth-order valence-electron chi connectivity index (χ4n) is 7.13. The fraction of sp³-hybridized carbons (Fsp3) is 0.520. The van der Waals surface area contributed by atoms with E-state index in [9.17, 15) is 0 Å². The Kier molecular flexibility index (Phi) is 23.6. The van der Waals surface area contributed by atoms with Crippen LogP contribution in [-0.4, -0.2) is 23.7 Å². The van der Waals surface area contributed by atoms with Gasteiger partial charge in [-0.1, -0.05) is 43.0 Å². The van der Waals surface area contributed by atoms with Gasteiger partial charge in [0, 0.05) is 40.8 Å². The molecule has 5 N–H and O–H groups in total. The number of nitrogens with one attached hydrogen (secondary N) is 3. The molecule has 0 aromatic heterocycles. The maximum absolute atomic E-state index is 7.82. The van der Waals surface area contributed by atoms with Crippen molar-refractivity contribution in [1.82, 2.24) is 0 Å². The summed E-state index contributed by atoms with van der Waals surface area (Å²) in [6.07, 6.45) is 2.32. The molecule has 0 aliphatic rings. The van der Waals surface area contributed by atoms with Crippen LogP contribution in [0.1, 0.15) is 124 Å². The molecule has 57 heavy (non-hydrogen) atoms. The molecule has 4 nitrogen and oxygen atoms in total. The van der Waals surface area contributed by atoms with Crippen LogP contribution in [0.25, 0.3) is 5.73 Å². The number of hydrogen-bond donors (Lipinski definition) is 3. The third kappa shape index (κ3) is 13.3. The molecule has 0 radical (unpaired) electrons. The van der Waals surface area contributed by atoms with Crippen LogP contribution < -0.4 is 35.2 Å². The maximum Gasteiger partial charge on any atom is 1.00 e. The van der Waals surface area contributed by atoms with E-state index in [1.807, 2.05) is 13.8 Å². The zero-order valence-electron chi connectivity index (χ0n) is 40.1. The minimum absolute atomic E-state index is 0. The molecule has 0 amide bonds. The molecular weight excluding hydrogens is 823 g/mol. The van der Waals surface area contributed by atoms with E-state index in [1.54, 1.807) is 0 Å². The molecule has 0 heterocycles. The summed E-state index contributed by atoms with van der Waals surface area (Å²) in [6, 6.07) is 0. The van der Waals surface area contributed by atoms with Crippen molar-refractivity contribution in [1.29, 1.82) is 0 Å². The minimum Gasteiger partial charge on any atom is -0.698 e. The van der Waals surface area contributed by atoms with Crippen LogP contribution in [-0.2, 0) is 0 Å². The van der Waals surface area contributed by atoms with Crippen molar-refractivity contribution < 1.29 is 18.9 Å². The first-order valence-corrected chi connectivity index (χ1v) is 22.5. The predicted octanol–water partition coefficient (Wildman–Crippen LogP) is 12.6. The van der Waals surface area contributed by atoms with Crippen LogP contribution in [0, 0.1) is 138 Å². The first-order chi connectivity index (χ1) is 25.9. The summed E-state index contributed by atoms with van der Waals surface area (Å²) in [4.78, 5) is 0. The molecule has 7 heteroatoms. The van der Waals surface area contributed by atoms with Gasteiger partial charge in [-0.2, -0.15) is 0 Å². The minimum atomic E-state index is 0. The molecule has 0 aliphatic carbocycles. The molecule has 0 bridgehead atoms. The van der Waals surface area contributed by atoms with Crippen LogP contribution in [0.3, 0.4) is 0 Å². The Morgan fingerprint density at radius 2 is 0.561 bits per heavy atom. The summed E-state index contributed by atoms with van der Waals surface area (Å²) in [5.41, 5.74) is 44.7. The molecule has 4 aromatic rings. The van der Waals surface area contributed by atoms with E-state index in [4.69, 9.17) is 11.5 Å². The Bertz CT molecular complexity index is 1590. The molecule has 4 rings (SSSR count). The zero-order valence-corrected chi connectivity index (χ0v) is 43.2. The number of nitrogen functional groups attached to an aromatic ring is 1. The van der Waals surface area contributed by atoms with Gasteiger partial charge in [-0.05, 0) is 251 Å². The van der Waals surface area contributed by atoms with Gasteiger partial charge in [-0.15, -0.1) is 5.69 Å². The zero-order chi connectivity index (χ0) is 43.5. The second-order valence-corrected chi connectivity index (χ2v) is 17.6. The van der Waals surface area contributed by atoms with Gasteiger partial charge >= 0.3 is 18.9 Å². The average Bonchev–Trinajstić information content (AvgIpc) is 3.19. The van der Waals surface area contributed by atoms with Gasteiger partial charge in [0.15, 0.2) is 0 Å². The van der Waals surface area contributed by atoms with Crippen molar-refractivity contribution in [3.05, 3.63) is 117 Å². The Labute approximate surface area is 379 Å². The Morgan fingerprint density at radius 1 is 0.351 bits per heavy atom. The monoisotopic (exact) mass is 898 g/mol. The molecule has 0 fully saturated rings. The molecular formula is C50H77Br2LiN4. The quantitative estimate of drug-likeness (QED) is 0.0714. The van der Waals surface area contributed by atoms with E-state index in [2.05, 4.69) is 167 Å². The average molecular weight is 901 g/mol. The smallest absolute Gasteiger partial charge is 0.698 e. The van der Waals surface area contributed by atoms with Gasteiger partial charge in [0.25, 0.3) is 0 Å². The molecule has 0 spiro atoms. The van der Waals surface area contributed by atoms with Crippen molar-refractivity contribution in [2.75, 3.05) is 40.1 Å². The Morgan fingerprint density at radius 3 is 0.789 bits per heavy atom. The van der Waals surface area contributed by atoms with Crippen molar-refractivity contribution >= 4 is 54.6 Å². The van der Waals surface area contributed by atoms with Crippen LogP contribution >= 0.6 is 31.9 Å². The van der Waals surface area contributed by atoms with Gasteiger partial charge in [0.1, 0.15) is 0 Å². The van der Waals surface area contributed by atoms with E-state index in [0.29, 0.717) is 5.69 Å². The number of halogens is 2. The predicted molar refractivity (Wildman–Crippen MR) is 263 cm³/mol. The third-order valence-electron chi connectivity index (χ3n) is 13.3. The molecule has 0 aliphatic heterocycles. The number of benzene rings is 4. The number of anilines is 3. The van der Waals surface area contributed by atoms with Crippen LogP contribution in [0.2, 0.25) is 0 Å². The second-order valence-electron chi connectivity index (χ2n) is 16.0. The molecule has 4 aromatic carbocycles. The summed E-state index contributed by atoms with van der Waals surface area (Å²) in [5.74, 6) is 0. The van der Waals surface area contributed by atoms with E-state index in [1.165, 1.54) is 118 Å².